The Bertz CT molecular complexity index is 345. The van der Waals surface area contributed by atoms with Crippen LogP contribution in [0.3, 0.4) is 0 Å². The van der Waals surface area contributed by atoms with Gasteiger partial charge in [0.15, 0.2) is 0 Å². The van der Waals surface area contributed by atoms with E-state index in [1.165, 1.54) is 5.56 Å². The highest BCUT2D eigenvalue weighted by Crippen LogP contribution is 2.20. The number of aryl methyl sites for hydroxylation is 1. The monoisotopic (exact) mass is 190 g/mol. The Balaban J connectivity index is 2.24. The van der Waals surface area contributed by atoms with Crippen LogP contribution in [-0.4, -0.2) is 18.5 Å². The molecule has 0 saturated carbocycles. The highest BCUT2D eigenvalue weighted by Gasteiger charge is 2.29. The van der Waals surface area contributed by atoms with Crippen LogP contribution in [0.25, 0.3) is 0 Å². The summed E-state index contributed by atoms with van der Waals surface area (Å²) in [6.45, 7) is 2.77. The Labute approximate surface area is 83.5 Å². The van der Waals surface area contributed by atoms with Gasteiger partial charge in [-0.1, -0.05) is 17.7 Å². The van der Waals surface area contributed by atoms with Crippen LogP contribution in [0.2, 0.25) is 0 Å². The first kappa shape index (κ1) is 9.21. The molecule has 2 rings (SSSR count). The number of amides is 1. The number of benzene rings is 1. The molecule has 0 aromatic heterocycles. The summed E-state index contributed by atoms with van der Waals surface area (Å²) < 4.78 is 0. The molecule has 74 valence electrons. The van der Waals surface area contributed by atoms with E-state index < -0.39 is 0 Å². The number of hydrogen-bond donors (Lipinski definition) is 1. The second kappa shape index (κ2) is 3.42. The van der Waals surface area contributed by atoms with Crippen molar-refractivity contribution in [3.8, 4) is 0 Å². The first-order valence-electron chi connectivity index (χ1n) is 4.82. The second-order valence-electron chi connectivity index (χ2n) is 3.72. The summed E-state index contributed by atoms with van der Waals surface area (Å²) in [5, 5.41) is 0. The van der Waals surface area contributed by atoms with Gasteiger partial charge in [-0.15, -0.1) is 0 Å². The Morgan fingerprint density at radius 1 is 1.36 bits per heavy atom. The smallest absolute Gasteiger partial charge is 0.243 e. The number of carbonyl (C=O) groups is 1. The summed E-state index contributed by atoms with van der Waals surface area (Å²) in [6.07, 6.45) is 0.757. The average molecular weight is 190 g/mol. The molecule has 1 aliphatic heterocycles. The molecule has 0 radical (unpaired) electrons. The lowest BCUT2D eigenvalue weighted by molar-refractivity contribution is -0.118. The van der Waals surface area contributed by atoms with E-state index >= 15 is 0 Å². The zero-order chi connectivity index (χ0) is 10.1. The number of carbonyl (C=O) groups excluding carboxylic acids is 1. The predicted molar refractivity (Wildman–Crippen MR) is 56.1 cm³/mol. The van der Waals surface area contributed by atoms with Gasteiger partial charge in [0.2, 0.25) is 5.91 Å². The van der Waals surface area contributed by atoms with E-state index in [1.807, 2.05) is 31.2 Å². The van der Waals surface area contributed by atoms with Crippen LogP contribution in [0, 0.1) is 6.92 Å². The molecule has 1 aliphatic rings. The van der Waals surface area contributed by atoms with Crippen molar-refractivity contribution in [3.05, 3.63) is 29.8 Å². The molecule has 1 fully saturated rings. The van der Waals surface area contributed by atoms with E-state index in [1.54, 1.807) is 4.90 Å². The van der Waals surface area contributed by atoms with Crippen molar-refractivity contribution in [3.63, 3.8) is 0 Å². The van der Waals surface area contributed by atoms with E-state index in [0.717, 1.165) is 18.7 Å². The van der Waals surface area contributed by atoms with Crippen LogP contribution in [0.1, 0.15) is 12.0 Å². The first-order valence-corrected chi connectivity index (χ1v) is 4.82. The lowest BCUT2D eigenvalue weighted by atomic mass is 10.2. The molecule has 1 atom stereocenters. The fourth-order valence-corrected chi connectivity index (χ4v) is 1.68. The van der Waals surface area contributed by atoms with E-state index in [9.17, 15) is 4.79 Å². The number of hydrogen-bond acceptors (Lipinski definition) is 2. The van der Waals surface area contributed by atoms with Crippen LogP contribution in [0.15, 0.2) is 24.3 Å². The largest absolute Gasteiger partial charge is 0.320 e. The van der Waals surface area contributed by atoms with Crippen molar-refractivity contribution in [2.75, 3.05) is 11.4 Å². The highest BCUT2D eigenvalue weighted by molar-refractivity contribution is 5.99. The van der Waals surface area contributed by atoms with E-state index in [-0.39, 0.29) is 11.9 Å². The molecule has 1 aromatic carbocycles. The third kappa shape index (κ3) is 1.51. The molecule has 0 unspecified atom stereocenters. The summed E-state index contributed by atoms with van der Waals surface area (Å²) in [7, 11) is 0. The van der Waals surface area contributed by atoms with Crippen LogP contribution < -0.4 is 10.6 Å². The lowest BCUT2D eigenvalue weighted by Crippen LogP contribution is -2.33. The molecular formula is C11H14N2O. The SMILES string of the molecule is Cc1ccc(N2CC[C@@H](N)C2=O)cc1. The molecule has 3 nitrogen and oxygen atoms in total. The molecule has 2 N–H and O–H groups in total. The van der Waals surface area contributed by atoms with Gasteiger partial charge in [0.25, 0.3) is 0 Å². The van der Waals surface area contributed by atoms with Crippen molar-refractivity contribution in [1.82, 2.24) is 0 Å². The molecule has 14 heavy (non-hydrogen) atoms. The maximum absolute atomic E-state index is 11.6. The molecule has 0 aliphatic carbocycles. The minimum absolute atomic E-state index is 0.0360. The predicted octanol–water partition coefficient (Wildman–Crippen LogP) is 1.06. The first-order chi connectivity index (χ1) is 6.68. The minimum Gasteiger partial charge on any atom is -0.320 e. The van der Waals surface area contributed by atoms with Gasteiger partial charge >= 0.3 is 0 Å². The molecule has 0 spiro atoms. The zero-order valence-corrected chi connectivity index (χ0v) is 8.23. The van der Waals surface area contributed by atoms with Crippen LogP contribution in [0.5, 0.6) is 0 Å². The molecule has 3 heteroatoms. The Hall–Kier alpha value is -1.35. The maximum Gasteiger partial charge on any atom is 0.243 e. The number of anilines is 1. The van der Waals surface area contributed by atoms with Crippen molar-refractivity contribution in [2.24, 2.45) is 5.73 Å². The van der Waals surface area contributed by atoms with Crippen LogP contribution in [0.4, 0.5) is 5.69 Å². The van der Waals surface area contributed by atoms with E-state index in [4.69, 9.17) is 5.73 Å². The zero-order valence-electron chi connectivity index (χ0n) is 8.23. The molecule has 1 amide bonds. The highest BCUT2D eigenvalue weighted by atomic mass is 16.2. The standard InChI is InChI=1S/C11H14N2O/c1-8-2-4-9(5-3-8)13-7-6-10(12)11(13)14/h2-5,10H,6-7,12H2,1H3/t10-/m1/s1. The van der Waals surface area contributed by atoms with Crippen LogP contribution in [-0.2, 0) is 4.79 Å². The Morgan fingerprint density at radius 3 is 2.50 bits per heavy atom. The summed E-state index contributed by atoms with van der Waals surface area (Å²) in [6, 6.07) is 7.63. The number of nitrogens with two attached hydrogens (primary N) is 1. The van der Waals surface area contributed by atoms with Gasteiger partial charge in [0.1, 0.15) is 0 Å². The molecular weight excluding hydrogens is 176 g/mol. The summed E-state index contributed by atoms with van der Waals surface area (Å²) >= 11 is 0. The maximum atomic E-state index is 11.6. The summed E-state index contributed by atoms with van der Waals surface area (Å²) in [4.78, 5) is 13.3. The Kier molecular flexibility index (Phi) is 2.25. The normalized spacial score (nSPS) is 21.7. The fourth-order valence-electron chi connectivity index (χ4n) is 1.68. The second-order valence-corrected chi connectivity index (χ2v) is 3.72. The fraction of sp³-hybridized carbons (Fsp3) is 0.364. The van der Waals surface area contributed by atoms with Crippen molar-refractivity contribution in [2.45, 2.75) is 19.4 Å². The van der Waals surface area contributed by atoms with Crippen molar-refractivity contribution < 1.29 is 4.79 Å². The van der Waals surface area contributed by atoms with Gasteiger partial charge in [-0.3, -0.25) is 4.79 Å². The van der Waals surface area contributed by atoms with Crippen molar-refractivity contribution in [1.29, 1.82) is 0 Å². The molecule has 1 saturated heterocycles. The van der Waals surface area contributed by atoms with Gasteiger partial charge in [-0.05, 0) is 25.5 Å². The van der Waals surface area contributed by atoms with Gasteiger partial charge in [-0.2, -0.15) is 0 Å². The van der Waals surface area contributed by atoms with Gasteiger partial charge in [0.05, 0.1) is 6.04 Å². The average Bonchev–Trinajstić information content (AvgIpc) is 2.50. The number of nitrogens with zero attached hydrogens (tertiary/aromatic N) is 1. The molecule has 0 bridgehead atoms. The molecule has 1 heterocycles. The minimum atomic E-state index is -0.309. The Morgan fingerprint density at radius 2 is 2.00 bits per heavy atom. The molecule has 1 aromatic rings. The quantitative estimate of drug-likeness (QED) is 0.719. The van der Waals surface area contributed by atoms with E-state index in [2.05, 4.69) is 0 Å². The third-order valence-electron chi connectivity index (χ3n) is 2.59. The number of rotatable bonds is 1. The summed E-state index contributed by atoms with van der Waals surface area (Å²) in [5.41, 5.74) is 7.80. The van der Waals surface area contributed by atoms with Crippen LogP contribution >= 0.6 is 0 Å². The van der Waals surface area contributed by atoms with Gasteiger partial charge < -0.3 is 10.6 Å². The van der Waals surface area contributed by atoms with E-state index in [0.29, 0.717) is 0 Å². The summed E-state index contributed by atoms with van der Waals surface area (Å²) in [5.74, 6) is 0.0360. The lowest BCUT2D eigenvalue weighted by Gasteiger charge is -2.15. The van der Waals surface area contributed by atoms with Gasteiger partial charge in [-0.25, -0.2) is 0 Å². The topological polar surface area (TPSA) is 46.3 Å². The van der Waals surface area contributed by atoms with Crippen molar-refractivity contribution >= 4 is 11.6 Å². The van der Waals surface area contributed by atoms with Gasteiger partial charge in [0, 0.05) is 12.2 Å². The third-order valence-corrected chi connectivity index (χ3v) is 2.59.